The van der Waals surface area contributed by atoms with Crippen LogP contribution in [0.1, 0.15) is 19.4 Å². The van der Waals surface area contributed by atoms with Crippen molar-refractivity contribution in [1.82, 2.24) is 4.90 Å². The topological polar surface area (TPSA) is 87.7 Å². The van der Waals surface area contributed by atoms with Gasteiger partial charge in [-0.3, -0.25) is 14.4 Å². The van der Waals surface area contributed by atoms with Gasteiger partial charge in [0.05, 0.1) is 6.54 Å². The number of benzene rings is 2. The molecular formula is C21H25N3O4. The van der Waals surface area contributed by atoms with Gasteiger partial charge in [-0.05, 0) is 42.3 Å². The third-order valence-corrected chi connectivity index (χ3v) is 4.02. The van der Waals surface area contributed by atoms with E-state index in [1.54, 1.807) is 31.3 Å². The summed E-state index contributed by atoms with van der Waals surface area (Å²) in [6.45, 7) is 3.19. The molecule has 0 atom stereocenters. The van der Waals surface area contributed by atoms with Crippen LogP contribution >= 0.6 is 0 Å². The van der Waals surface area contributed by atoms with Crippen LogP contribution in [0.3, 0.4) is 0 Å². The number of likely N-dealkylation sites (N-methyl/N-ethyl adjacent to an activating group) is 1. The van der Waals surface area contributed by atoms with E-state index in [1.807, 2.05) is 31.2 Å². The van der Waals surface area contributed by atoms with Gasteiger partial charge in [0.15, 0.2) is 6.61 Å². The molecule has 0 aliphatic carbocycles. The van der Waals surface area contributed by atoms with Gasteiger partial charge in [0.2, 0.25) is 11.8 Å². The molecule has 0 radical (unpaired) electrons. The highest BCUT2D eigenvalue weighted by atomic mass is 16.5. The van der Waals surface area contributed by atoms with E-state index in [4.69, 9.17) is 4.74 Å². The number of ether oxygens (including phenoxy) is 1. The van der Waals surface area contributed by atoms with Crippen LogP contribution in [0.15, 0.2) is 48.5 Å². The Morgan fingerprint density at radius 3 is 2.32 bits per heavy atom. The number of aryl methyl sites for hydroxylation is 1. The number of para-hydroxylation sites is 1. The number of hydrogen-bond donors (Lipinski definition) is 2. The molecule has 0 bridgehead atoms. The normalized spacial score (nSPS) is 10.1. The highest BCUT2D eigenvalue weighted by Crippen LogP contribution is 2.16. The molecule has 0 fully saturated rings. The highest BCUT2D eigenvalue weighted by Gasteiger charge is 2.14. The van der Waals surface area contributed by atoms with Crippen LogP contribution in [0, 0.1) is 0 Å². The number of carbonyl (C=O) groups is 3. The Kier molecular flexibility index (Phi) is 7.56. The van der Waals surface area contributed by atoms with E-state index in [-0.39, 0.29) is 30.9 Å². The minimum atomic E-state index is -0.315. The van der Waals surface area contributed by atoms with Crippen LogP contribution in [0.25, 0.3) is 0 Å². The average Bonchev–Trinajstić information content (AvgIpc) is 2.67. The molecule has 0 heterocycles. The Morgan fingerprint density at radius 1 is 1.00 bits per heavy atom. The van der Waals surface area contributed by atoms with Gasteiger partial charge in [-0.1, -0.05) is 25.1 Å². The second-order valence-electron chi connectivity index (χ2n) is 6.30. The lowest BCUT2D eigenvalue weighted by atomic mass is 10.1. The molecule has 0 aliphatic heterocycles. The highest BCUT2D eigenvalue weighted by molar-refractivity contribution is 5.95. The van der Waals surface area contributed by atoms with Gasteiger partial charge in [-0.25, -0.2) is 0 Å². The van der Waals surface area contributed by atoms with Gasteiger partial charge in [0.1, 0.15) is 5.75 Å². The van der Waals surface area contributed by atoms with Gasteiger partial charge in [0.25, 0.3) is 5.91 Å². The third kappa shape index (κ3) is 6.42. The number of nitrogens with one attached hydrogen (secondary N) is 2. The van der Waals surface area contributed by atoms with Crippen LogP contribution in [0.2, 0.25) is 0 Å². The van der Waals surface area contributed by atoms with E-state index in [1.165, 1.54) is 11.8 Å². The van der Waals surface area contributed by atoms with Crippen molar-refractivity contribution in [3.05, 3.63) is 54.1 Å². The van der Waals surface area contributed by atoms with Gasteiger partial charge >= 0.3 is 0 Å². The van der Waals surface area contributed by atoms with Crippen LogP contribution < -0.4 is 15.4 Å². The lowest BCUT2D eigenvalue weighted by Gasteiger charge is -2.18. The zero-order chi connectivity index (χ0) is 20.5. The summed E-state index contributed by atoms with van der Waals surface area (Å²) in [5.41, 5.74) is 2.44. The molecule has 7 nitrogen and oxygen atoms in total. The Labute approximate surface area is 164 Å². The molecule has 28 heavy (non-hydrogen) atoms. The number of rotatable bonds is 8. The molecule has 148 valence electrons. The lowest BCUT2D eigenvalue weighted by Crippen LogP contribution is -2.37. The molecule has 2 aromatic carbocycles. The third-order valence-electron chi connectivity index (χ3n) is 4.02. The molecule has 2 aromatic rings. The molecule has 0 spiro atoms. The predicted molar refractivity (Wildman–Crippen MR) is 108 cm³/mol. The van der Waals surface area contributed by atoms with Crippen molar-refractivity contribution in [3.63, 3.8) is 0 Å². The fraction of sp³-hybridized carbons (Fsp3) is 0.286. The van der Waals surface area contributed by atoms with Crippen molar-refractivity contribution >= 4 is 29.1 Å². The van der Waals surface area contributed by atoms with Crippen molar-refractivity contribution in [2.45, 2.75) is 20.3 Å². The van der Waals surface area contributed by atoms with E-state index in [2.05, 4.69) is 10.6 Å². The zero-order valence-corrected chi connectivity index (χ0v) is 16.3. The number of carbonyl (C=O) groups excluding carboxylic acids is 3. The minimum absolute atomic E-state index is 0.0677. The van der Waals surface area contributed by atoms with Crippen LogP contribution in [-0.4, -0.2) is 42.8 Å². The van der Waals surface area contributed by atoms with Crippen molar-refractivity contribution in [3.8, 4) is 5.75 Å². The minimum Gasteiger partial charge on any atom is -0.484 e. The maximum absolute atomic E-state index is 12.2. The number of anilines is 2. The van der Waals surface area contributed by atoms with E-state index in [0.717, 1.165) is 17.7 Å². The molecular weight excluding hydrogens is 358 g/mol. The Bertz CT molecular complexity index is 834. The number of amides is 3. The molecule has 3 amide bonds. The first-order valence-electron chi connectivity index (χ1n) is 9.01. The van der Waals surface area contributed by atoms with Crippen molar-refractivity contribution < 1.29 is 19.1 Å². The monoisotopic (exact) mass is 383 g/mol. The average molecular weight is 383 g/mol. The summed E-state index contributed by atoms with van der Waals surface area (Å²) in [6.07, 6.45) is 0.805. The molecule has 0 saturated carbocycles. The SMILES string of the molecule is CCc1ccccc1NC(=O)CN(C)C(=O)COc1ccc(NC(C)=O)cc1. The van der Waals surface area contributed by atoms with Gasteiger partial charge < -0.3 is 20.3 Å². The molecule has 2 N–H and O–H groups in total. The standard InChI is InChI=1S/C21H25N3O4/c1-4-16-7-5-6-8-19(16)23-20(26)13-24(3)21(27)14-28-18-11-9-17(10-12-18)22-15(2)25/h5-12H,4,13-14H2,1-3H3,(H,22,25)(H,23,26). The number of hydrogen-bond acceptors (Lipinski definition) is 4. The molecule has 0 saturated heterocycles. The first-order chi connectivity index (χ1) is 13.4. The van der Waals surface area contributed by atoms with E-state index < -0.39 is 0 Å². The van der Waals surface area contributed by atoms with Crippen molar-refractivity contribution in [2.24, 2.45) is 0 Å². The predicted octanol–water partition coefficient (Wildman–Crippen LogP) is 2.68. The second-order valence-corrected chi connectivity index (χ2v) is 6.30. The Morgan fingerprint density at radius 2 is 1.68 bits per heavy atom. The molecule has 0 aliphatic rings. The maximum atomic E-state index is 12.2. The summed E-state index contributed by atoms with van der Waals surface area (Å²) in [7, 11) is 1.55. The summed E-state index contributed by atoms with van der Waals surface area (Å²) in [5, 5.41) is 5.49. The molecule has 0 unspecified atom stereocenters. The smallest absolute Gasteiger partial charge is 0.260 e. The van der Waals surface area contributed by atoms with Gasteiger partial charge in [0, 0.05) is 25.3 Å². The van der Waals surface area contributed by atoms with E-state index >= 15 is 0 Å². The quantitative estimate of drug-likeness (QED) is 0.734. The van der Waals surface area contributed by atoms with Gasteiger partial charge in [-0.2, -0.15) is 0 Å². The van der Waals surface area contributed by atoms with E-state index in [9.17, 15) is 14.4 Å². The largest absolute Gasteiger partial charge is 0.484 e. The first-order valence-corrected chi connectivity index (χ1v) is 9.01. The second kappa shape index (κ2) is 10.1. The fourth-order valence-electron chi connectivity index (χ4n) is 2.54. The van der Waals surface area contributed by atoms with Crippen LogP contribution in [0.5, 0.6) is 5.75 Å². The van der Waals surface area contributed by atoms with Crippen molar-refractivity contribution in [2.75, 3.05) is 30.8 Å². The summed E-state index contributed by atoms with van der Waals surface area (Å²) in [4.78, 5) is 36.7. The summed E-state index contributed by atoms with van der Waals surface area (Å²) in [6, 6.07) is 14.3. The summed E-state index contributed by atoms with van der Waals surface area (Å²) in [5.74, 6) is -0.247. The lowest BCUT2D eigenvalue weighted by molar-refractivity contribution is -0.135. The maximum Gasteiger partial charge on any atom is 0.260 e. The van der Waals surface area contributed by atoms with Gasteiger partial charge in [-0.15, -0.1) is 0 Å². The van der Waals surface area contributed by atoms with Crippen molar-refractivity contribution in [1.29, 1.82) is 0 Å². The molecule has 2 rings (SSSR count). The summed E-state index contributed by atoms with van der Waals surface area (Å²) < 4.78 is 5.45. The zero-order valence-electron chi connectivity index (χ0n) is 16.3. The Hall–Kier alpha value is -3.35. The number of nitrogens with zero attached hydrogens (tertiary/aromatic N) is 1. The first kappa shape index (κ1) is 21.0. The van der Waals surface area contributed by atoms with Crippen LogP contribution in [-0.2, 0) is 20.8 Å². The van der Waals surface area contributed by atoms with Crippen LogP contribution in [0.4, 0.5) is 11.4 Å². The molecule has 0 aromatic heterocycles. The van der Waals surface area contributed by atoms with E-state index in [0.29, 0.717) is 11.4 Å². The summed E-state index contributed by atoms with van der Waals surface area (Å²) >= 11 is 0. The fourth-order valence-corrected chi connectivity index (χ4v) is 2.54. The Balaban J connectivity index is 1.82. The molecule has 7 heteroatoms.